The molecule has 0 saturated carbocycles. The van der Waals surface area contributed by atoms with Crippen molar-refractivity contribution in [3.8, 4) is 5.75 Å². The number of carbonyl (C=O) groups is 1. The molecule has 33 heavy (non-hydrogen) atoms. The van der Waals surface area contributed by atoms with E-state index in [9.17, 15) is 9.59 Å². The van der Waals surface area contributed by atoms with Gasteiger partial charge in [-0.25, -0.2) is 4.79 Å². The number of para-hydroxylation sites is 1. The van der Waals surface area contributed by atoms with E-state index in [4.69, 9.17) is 9.15 Å². The average molecular weight is 448 g/mol. The highest BCUT2D eigenvalue weighted by atomic mass is 16.5. The number of anilines is 1. The summed E-state index contributed by atoms with van der Waals surface area (Å²) in [6.45, 7) is 7.75. The lowest BCUT2D eigenvalue weighted by atomic mass is 10.1. The van der Waals surface area contributed by atoms with Crippen LogP contribution >= 0.6 is 0 Å². The van der Waals surface area contributed by atoms with Crippen LogP contribution in [0.4, 0.5) is 5.69 Å². The van der Waals surface area contributed by atoms with E-state index in [0.717, 1.165) is 61.5 Å². The van der Waals surface area contributed by atoms with Crippen LogP contribution in [0.1, 0.15) is 18.1 Å². The summed E-state index contributed by atoms with van der Waals surface area (Å²) >= 11 is 0. The van der Waals surface area contributed by atoms with Gasteiger partial charge in [0.1, 0.15) is 11.3 Å². The van der Waals surface area contributed by atoms with Crippen LogP contribution in [0.3, 0.4) is 0 Å². The van der Waals surface area contributed by atoms with Crippen molar-refractivity contribution >= 4 is 22.6 Å². The zero-order valence-corrected chi connectivity index (χ0v) is 19.0. The average Bonchev–Trinajstić information content (AvgIpc) is 3.25. The molecule has 7 nitrogen and oxygen atoms in total. The largest absolute Gasteiger partial charge is 0.494 e. The first-order valence-electron chi connectivity index (χ1n) is 11.6. The van der Waals surface area contributed by atoms with Crippen LogP contribution in [-0.4, -0.2) is 61.6 Å². The number of hydrogen-bond donors (Lipinski definition) is 0. The number of ether oxygens (including phenoxy) is 1. The minimum atomic E-state index is -0.336. The van der Waals surface area contributed by atoms with Gasteiger partial charge in [-0.3, -0.25) is 14.6 Å². The predicted molar refractivity (Wildman–Crippen MR) is 128 cm³/mol. The SMILES string of the molecule is CCOc1ccc2oc(=O)cc(CN3CCN(CC(=O)N4CCc5ccccc54)CC3)c2c1. The van der Waals surface area contributed by atoms with Gasteiger partial charge in [-0.2, -0.15) is 0 Å². The van der Waals surface area contributed by atoms with Gasteiger partial charge in [0, 0.05) is 56.4 Å². The molecule has 1 saturated heterocycles. The Morgan fingerprint density at radius 1 is 1.00 bits per heavy atom. The Kier molecular flexibility index (Phi) is 6.15. The van der Waals surface area contributed by atoms with Gasteiger partial charge in [-0.1, -0.05) is 18.2 Å². The highest BCUT2D eigenvalue weighted by molar-refractivity contribution is 5.96. The number of hydrogen-bond acceptors (Lipinski definition) is 6. The van der Waals surface area contributed by atoms with Gasteiger partial charge in [0.15, 0.2) is 0 Å². The lowest BCUT2D eigenvalue weighted by molar-refractivity contribution is -0.120. The van der Waals surface area contributed by atoms with Gasteiger partial charge in [0.05, 0.1) is 13.2 Å². The van der Waals surface area contributed by atoms with Crippen molar-refractivity contribution in [2.45, 2.75) is 19.9 Å². The van der Waals surface area contributed by atoms with Crippen LogP contribution in [0.2, 0.25) is 0 Å². The zero-order chi connectivity index (χ0) is 22.8. The number of piperazine rings is 1. The summed E-state index contributed by atoms with van der Waals surface area (Å²) in [5, 5.41) is 0.908. The summed E-state index contributed by atoms with van der Waals surface area (Å²) < 4.78 is 11.0. The van der Waals surface area contributed by atoms with Crippen LogP contribution in [0.25, 0.3) is 11.0 Å². The van der Waals surface area contributed by atoms with Gasteiger partial charge < -0.3 is 14.1 Å². The molecule has 1 fully saturated rings. The molecular weight excluding hydrogens is 418 g/mol. The predicted octanol–water partition coefficient (Wildman–Crippen LogP) is 2.90. The number of rotatable bonds is 6. The minimum Gasteiger partial charge on any atom is -0.494 e. The maximum atomic E-state index is 12.9. The molecule has 1 aromatic heterocycles. The van der Waals surface area contributed by atoms with E-state index in [2.05, 4.69) is 15.9 Å². The molecule has 2 aliphatic rings. The van der Waals surface area contributed by atoms with Crippen molar-refractivity contribution in [1.29, 1.82) is 0 Å². The van der Waals surface area contributed by atoms with E-state index in [1.807, 2.05) is 42.2 Å². The molecular formula is C26H29N3O4. The summed E-state index contributed by atoms with van der Waals surface area (Å²) in [6, 6.07) is 15.3. The Hall–Kier alpha value is -3.16. The van der Waals surface area contributed by atoms with Crippen molar-refractivity contribution in [2.75, 3.05) is 50.8 Å². The highest BCUT2D eigenvalue weighted by Crippen LogP contribution is 2.28. The fourth-order valence-corrected chi connectivity index (χ4v) is 4.81. The van der Waals surface area contributed by atoms with Crippen LogP contribution in [-0.2, 0) is 17.8 Å². The van der Waals surface area contributed by atoms with Crippen LogP contribution in [0.15, 0.2) is 57.7 Å². The smallest absolute Gasteiger partial charge is 0.336 e. The first-order chi connectivity index (χ1) is 16.1. The summed E-state index contributed by atoms with van der Waals surface area (Å²) in [5.41, 5.74) is 3.50. The van der Waals surface area contributed by atoms with Gasteiger partial charge >= 0.3 is 5.63 Å². The Balaban J connectivity index is 1.21. The Labute approximate surface area is 193 Å². The topological polar surface area (TPSA) is 66.2 Å². The van der Waals surface area contributed by atoms with Crippen LogP contribution in [0, 0.1) is 0 Å². The lowest BCUT2D eigenvalue weighted by Crippen LogP contribution is -2.49. The van der Waals surface area contributed by atoms with Gasteiger partial charge in [0.25, 0.3) is 0 Å². The summed E-state index contributed by atoms with van der Waals surface area (Å²) in [6.07, 6.45) is 0.930. The van der Waals surface area contributed by atoms with E-state index >= 15 is 0 Å². The van der Waals surface area contributed by atoms with Crippen molar-refractivity contribution in [3.05, 3.63) is 70.1 Å². The molecule has 1 amide bonds. The fourth-order valence-electron chi connectivity index (χ4n) is 4.81. The molecule has 0 aliphatic carbocycles. The lowest BCUT2D eigenvalue weighted by Gasteiger charge is -2.35. The van der Waals surface area contributed by atoms with E-state index in [1.165, 1.54) is 5.56 Å². The Morgan fingerprint density at radius 2 is 1.79 bits per heavy atom. The van der Waals surface area contributed by atoms with E-state index in [-0.39, 0.29) is 11.5 Å². The highest BCUT2D eigenvalue weighted by Gasteiger charge is 2.27. The van der Waals surface area contributed by atoms with Crippen molar-refractivity contribution < 1.29 is 13.9 Å². The zero-order valence-electron chi connectivity index (χ0n) is 19.0. The number of fused-ring (bicyclic) bond motifs is 2. The van der Waals surface area contributed by atoms with E-state index < -0.39 is 0 Å². The fraction of sp³-hybridized carbons (Fsp3) is 0.385. The van der Waals surface area contributed by atoms with Crippen molar-refractivity contribution in [2.24, 2.45) is 0 Å². The Bertz CT molecular complexity index is 1210. The summed E-state index contributed by atoms with van der Waals surface area (Å²) in [7, 11) is 0. The van der Waals surface area contributed by atoms with Crippen molar-refractivity contribution in [1.82, 2.24) is 9.80 Å². The van der Waals surface area contributed by atoms with Crippen molar-refractivity contribution in [3.63, 3.8) is 0 Å². The van der Waals surface area contributed by atoms with E-state index in [1.54, 1.807) is 12.1 Å². The van der Waals surface area contributed by atoms with Crippen LogP contribution < -0.4 is 15.3 Å². The first-order valence-corrected chi connectivity index (χ1v) is 11.6. The normalized spacial score (nSPS) is 16.8. The Morgan fingerprint density at radius 3 is 2.61 bits per heavy atom. The summed E-state index contributed by atoms with van der Waals surface area (Å²) in [4.78, 5) is 31.5. The first kappa shape index (κ1) is 21.7. The molecule has 0 bridgehead atoms. The molecule has 3 heterocycles. The maximum Gasteiger partial charge on any atom is 0.336 e. The number of benzene rings is 2. The van der Waals surface area contributed by atoms with Crippen LogP contribution in [0.5, 0.6) is 5.75 Å². The monoisotopic (exact) mass is 447 g/mol. The number of amides is 1. The molecule has 0 N–H and O–H groups in total. The standard InChI is InChI=1S/C26H29N3O4/c1-2-32-21-7-8-24-22(16-21)20(15-26(31)33-24)17-27-11-13-28(14-12-27)18-25(30)29-10-9-19-5-3-4-6-23(19)29/h3-8,15-16H,2,9-14,17-18H2,1H3. The summed E-state index contributed by atoms with van der Waals surface area (Å²) in [5.74, 6) is 0.940. The maximum absolute atomic E-state index is 12.9. The van der Waals surface area contributed by atoms with Gasteiger partial charge in [0.2, 0.25) is 5.91 Å². The molecule has 5 rings (SSSR count). The molecule has 0 radical (unpaired) electrons. The third kappa shape index (κ3) is 4.65. The number of nitrogens with zero attached hydrogens (tertiary/aromatic N) is 3. The third-order valence-corrected chi connectivity index (χ3v) is 6.52. The molecule has 3 aromatic rings. The quantitative estimate of drug-likeness (QED) is 0.542. The minimum absolute atomic E-state index is 0.170. The second-order valence-electron chi connectivity index (χ2n) is 8.66. The molecule has 172 valence electrons. The molecule has 0 spiro atoms. The second-order valence-corrected chi connectivity index (χ2v) is 8.66. The van der Waals surface area contributed by atoms with Gasteiger partial charge in [-0.05, 0) is 48.7 Å². The van der Waals surface area contributed by atoms with Gasteiger partial charge in [-0.15, -0.1) is 0 Å². The molecule has 7 heteroatoms. The third-order valence-electron chi connectivity index (χ3n) is 6.52. The number of carbonyl (C=O) groups excluding carboxylic acids is 1. The van der Waals surface area contributed by atoms with E-state index in [0.29, 0.717) is 25.3 Å². The molecule has 2 aliphatic heterocycles. The molecule has 0 unspecified atom stereocenters. The second kappa shape index (κ2) is 9.37. The molecule has 2 aromatic carbocycles. The molecule has 0 atom stereocenters.